The van der Waals surface area contributed by atoms with E-state index in [1.807, 2.05) is 24.3 Å². The Labute approximate surface area is 365 Å². The van der Waals surface area contributed by atoms with Gasteiger partial charge in [0.2, 0.25) is 0 Å². The summed E-state index contributed by atoms with van der Waals surface area (Å²) < 4.78 is 76.4. The van der Waals surface area contributed by atoms with E-state index in [9.17, 15) is 9.59 Å². The molecule has 18 heteroatoms. The molecule has 0 unspecified atom stereocenters. The minimum absolute atomic E-state index is 0.00828. The molecule has 18 nitrogen and oxygen atoms in total. The van der Waals surface area contributed by atoms with Gasteiger partial charge in [0.15, 0.2) is 0 Å². The molecule has 0 bridgehead atoms. The number of carbonyl (C=O) groups excluding carboxylic acids is 1. The van der Waals surface area contributed by atoms with Crippen LogP contribution in [-0.4, -0.2) is 202 Å². The number of carboxylic acid groups (broad SMARTS) is 1. The molecule has 0 spiro atoms. The quantitative estimate of drug-likeness (QED) is 0.0921. The lowest BCUT2D eigenvalue weighted by Crippen LogP contribution is -2.29. The molecule has 0 saturated carbocycles. The van der Waals surface area contributed by atoms with E-state index >= 15 is 0 Å². The van der Waals surface area contributed by atoms with E-state index in [2.05, 4.69) is 29.6 Å². The Morgan fingerprint density at radius 2 is 0.677 bits per heavy atom. The van der Waals surface area contributed by atoms with Crippen LogP contribution in [0.5, 0.6) is 0 Å². The zero-order valence-electron chi connectivity index (χ0n) is 36.2. The Kier molecular flexibility index (Phi) is 32.6. The van der Waals surface area contributed by atoms with Crippen molar-refractivity contribution < 1.29 is 81.0 Å². The average Bonchev–Trinajstić information content (AvgIpc) is 3.60. The lowest BCUT2D eigenvalue weighted by atomic mass is 9.98. The predicted octanol–water partition coefficient (Wildman–Crippen LogP) is 3.22. The molecule has 0 fully saturated rings. The number of fused-ring (bicyclic) bond motifs is 3. The van der Waals surface area contributed by atoms with Gasteiger partial charge in [0, 0.05) is 12.5 Å². The summed E-state index contributed by atoms with van der Waals surface area (Å²) >= 11 is 0. The smallest absolute Gasteiger partial charge is 0.407 e. The minimum Gasteiger partial charge on any atom is -0.481 e. The van der Waals surface area contributed by atoms with E-state index in [0.29, 0.717) is 172 Å². The van der Waals surface area contributed by atoms with Crippen LogP contribution in [0.4, 0.5) is 4.79 Å². The summed E-state index contributed by atoms with van der Waals surface area (Å²) in [4.78, 5) is 22.6. The maximum Gasteiger partial charge on any atom is 0.407 e. The summed E-state index contributed by atoms with van der Waals surface area (Å²) in [6.45, 7) is 12.2. The molecule has 2 aromatic rings. The van der Waals surface area contributed by atoms with Crippen LogP contribution in [0.3, 0.4) is 0 Å². The number of alkyl carbamates (subject to hydrolysis) is 1. The van der Waals surface area contributed by atoms with E-state index in [1.165, 1.54) is 22.3 Å². The van der Waals surface area contributed by atoms with Gasteiger partial charge >= 0.3 is 12.1 Å². The number of hydrogen-bond donors (Lipinski definition) is 2. The van der Waals surface area contributed by atoms with Gasteiger partial charge in [-0.2, -0.15) is 0 Å². The molecule has 1 aliphatic rings. The lowest BCUT2D eigenvalue weighted by molar-refractivity contribution is -0.138. The monoisotopic (exact) mass is 883 g/mol. The Balaban J connectivity index is 0.913. The van der Waals surface area contributed by atoms with Crippen LogP contribution in [0, 0.1) is 0 Å². The summed E-state index contributed by atoms with van der Waals surface area (Å²) in [5.41, 5.74) is 4.75. The highest BCUT2D eigenvalue weighted by Gasteiger charge is 2.29. The van der Waals surface area contributed by atoms with Gasteiger partial charge in [-0.3, -0.25) is 4.79 Å². The molecule has 0 aliphatic heterocycles. The topological polar surface area (TPSA) is 196 Å². The molecule has 0 saturated heterocycles. The number of ether oxygens (including phenoxy) is 14. The van der Waals surface area contributed by atoms with Crippen LogP contribution in [0.1, 0.15) is 23.5 Å². The SMILES string of the molecule is O=C(O)CCOCCOCCOCCOCCOCCOCCOCCOCCOCCOCCOCCOCCOCCNC(=O)OCC1c2ccccc2-c2ccccc21. The maximum absolute atomic E-state index is 12.3. The van der Waals surface area contributed by atoms with Crippen LogP contribution in [0.2, 0.25) is 0 Å². The first-order valence-corrected chi connectivity index (χ1v) is 21.5. The first-order valence-electron chi connectivity index (χ1n) is 21.5. The fourth-order valence-electron chi connectivity index (χ4n) is 5.78. The number of amides is 1. The van der Waals surface area contributed by atoms with Crippen LogP contribution in [-0.2, 0) is 71.1 Å². The lowest BCUT2D eigenvalue weighted by Gasteiger charge is -2.14. The Hall–Kier alpha value is -3.34. The fraction of sp³-hybridized carbons (Fsp3) is 0.682. The second kappa shape index (κ2) is 38.1. The third-order valence-electron chi connectivity index (χ3n) is 8.78. The summed E-state index contributed by atoms with van der Waals surface area (Å²) in [5, 5.41) is 11.2. The molecule has 1 amide bonds. The predicted molar refractivity (Wildman–Crippen MR) is 226 cm³/mol. The van der Waals surface area contributed by atoms with Crippen LogP contribution in [0.15, 0.2) is 48.5 Å². The Morgan fingerprint density at radius 3 is 0.984 bits per heavy atom. The fourth-order valence-corrected chi connectivity index (χ4v) is 5.78. The maximum atomic E-state index is 12.3. The van der Waals surface area contributed by atoms with Gasteiger partial charge in [0.25, 0.3) is 0 Å². The van der Waals surface area contributed by atoms with E-state index in [1.54, 1.807) is 0 Å². The van der Waals surface area contributed by atoms with Crippen molar-refractivity contribution in [3.8, 4) is 11.1 Å². The number of aliphatic carboxylic acids is 1. The standard InChI is InChI=1S/C44H69NO17/c46-43(47)9-11-49-13-15-51-17-19-53-21-23-55-25-27-57-29-31-59-33-35-61-36-34-60-32-30-58-28-26-56-24-22-54-20-18-52-16-14-50-12-10-45-44(48)62-37-42-40-7-3-1-5-38(40)39-6-2-4-8-41(39)42/h1-8,42H,9-37H2,(H,45,48)(H,46,47). The number of benzene rings is 2. The molecule has 1 aliphatic carbocycles. The van der Waals surface area contributed by atoms with Crippen molar-refractivity contribution in [2.45, 2.75) is 12.3 Å². The normalized spacial score (nSPS) is 12.1. The van der Waals surface area contributed by atoms with Gasteiger partial charge in [-0.1, -0.05) is 48.5 Å². The van der Waals surface area contributed by atoms with Gasteiger partial charge < -0.3 is 76.7 Å². The van der Waals surface area contributed by atoms with E-state index in [-0.39, 0.29) is 25.6 Å². The average molecular weight is 884 g/mol. The number of carbonyl (C=O) groups is 2. The van der Waals surface area contributed by atoms with Crippen molar-refractivity contribution in [1.29, 1.82) is 0 Å². The van der Waals surface area contributed by atoms with E-state index in [4.69, 9.17) is 71.4 Å². The molecule has 62 heavy (non-hydrogen) atoms. The van der Waals surface area contributed by atoms with Crippen LogP contribution >= 0.6 is 0 Å². The molecule has 3 rings (SSSR count). The second-order valence-corrected chi connectivity index (χ2v) is 13.4. The highest BCUT2D eigenvalue weighted by molar-refractivity contribution is 5.79. The summed E-state index contributed by atoms with van der Waals surface area (Å²) in [6, 6.07) is 16.5. The first-order chi connectivity index (χ1) is 30.7. The van der Waals surface area contributed by atoms with Crippen molar-refractivity contribution in [1.82, 2.24) is 5.32 Å². The van der Waals surface area contributed by atoms with E-state index in [0.717, 1.165) is 0 Å². The third-order valence-corrected chi connectivity index (χ3v) is 8.78. The highest BCUT2D eigenvalue weighted by atomic mass is 16.6. The van der Waals surface area contributed by atoms with Gasteiger partial charge in [-0.15, -0.1) is 0 Å². The van der Waals surface area contributed by atoms with Gasteiger partial charge in [0.05, 0.1) is 178 Å². The Bertz CT molecular complexity index is 1340. The zero-order valence-corrected chi connectivity index (χ0v) is 36.2. The largest absolute Gasteiger partial charge is 0.481 e. The summed E-state index contributed by atoms with van der Waals surface area (Å²) in [6.07, 6.45) is -0.466. The molecule has 352 valence electrons. The van der Waals surface area contributed by atoms with Gasteiger partial charge in [-0.25, -0.2) is 4.79 Å². The van der Waals surface area contributed by atoms with Crippen molar-refractivity contribution in [2.24, 2.45) is 0 Å². The molecule has 2 N–H and O–H groups in total. The molecular weight excluding hydrogens is 814 g/mol. The van der Waals surface area contributed by atoms with Crippen LogP contribution < -0.4 is 5.32 Å². The zero-order chi connectivity index (χ0) is 43.8. The molecule has 0 radical (unpaired) electrons. The van der Waals surface area contributed by atoms with Gasteiger partial charge in [0.1, 0.15) is 6.61 Å². The minimum atomic E-state index is -0.879. The molecular formula is C44H69NO17. The molecule has 0 atom stereocenters. The number of nitrogens with one attached hydrogen (secondary N) is 1. The number of rotatable bonds is 44. The molecule has 2 aromatic carbocycles. The van der Waals surface area contributed by atoms with Crippen molar-refractivity contribution in [3.05, 3.63) is 59.7 Å². The number of carboxylic acids is 1. The summed E-state index contributed by atoms with van der Waals surface area (Å²) in [5.74, 6) is -0.848. The third kappa shape index (κ3) is 27.0. The van der Waals surface area contributed by atoms with Crippen molar-refractivity contribution in [2.75, 3.05) is 185 Å². The van der Waals surface area contributed by atoms with Crippen molar-refractivity contribution in [3.63, 3.8) is 0 Å². The highest BCUT2D eigenvalue weighted by Crippen LogP contribution is 2.44. The van der Waals surface area contributed by atoms with Crippen molar-refractivity contribution >= 4 is 12.1 Å². The summed E-state index contributed by atoms with van der Waals surface area (Å²) in [7, 11) is 0. The van der Waals surface area contributed by atoms with E-state index < -0.39 is 12.1 Å². The van der Waals surface area contributed by atoms with Crippen LogP contribution in [0.25, 0.3) is 11.1 Å². The molecule has 0 aromatic heterocycles. The van der Waals surface area contributed by atoms with Gasteiger partial charge in [-0.05, 0) is 22.3 Å². The molecule has 0 heterocycles. The first kappa shape index (κ1) is 53.0. The Morgan fingerprint density at radius 1 is 0.403 bits per heavy atom. The second-order valence-electron chi connectivity index (χ2n) is 13.4. The number of hydrogen-bond acceptors (Lipinski definition) is 16.